The van der Waals surface area contributed by atoms with E-state index in [9.17, 15) is 15.0 Å². The van der Waals surface area contributed by atoms with Crippen molar-refractivity contribution in [1.29, 1.82) is 0 Å². The molecule has 4 nitrogen and oxygen atoms in total. The summed E-state index contributed by atoms with van der Waals surface area (Å²) in [6, 6.07) is 0.657. The summed E-state index contributed by atoms with van der Waals surface area (Å²) in [4.78, 5) is 15.9. The van der Waals surface area contributed by atoms with Gasteiger partial charge in [0.25, 0.3) is 0 Å². The highest BCUT2D eigenvalue weighted by atomic mass is 16.3. The van der Waals surface area contributed by atoms with Crippen molar-refractivity contribution in [2.75, 3.05) is 13.1 Å². The number of hydrogen-bond donors (Lipinski definition) is 2. The van der Waals surface area contributed by atoms with E-state index in [0.717, 1.165) is 68.2 Å². The fourth-order valence-corrected chi connectivity index (χ4v) is 10.3. The van der Waals surface area contributed by atoms with Gasteiger partial charge in [0.2, 0.25) is 0 Å². The van der Waals surface area contributed by atoms with Crippen LogP contribution in [0.15, 0.2) is 0 Å². The lowest BCUT2D eigenvalue weighted by atomic mass is 9.51. The van der Waals surface area contributed by atoms with Crippen LogP contribution in [0.4, 0.5) is 0 Å². The van der Waals surface area contributed by atoms with Gasteiger partial charge in [0, 0.05) is 31.5 Å². The summed E-state index contributed by atoms with van der Waals surface area (Å²) in [5.74, 6) is 5.63. The minimum Gasteiger partial charge on any atom is -0.393 e. The number of nitrogens with zero attached hydrogens (tertiary/aromatic N) is 1. The molecular formula is C27H43NO3. The molecule has 0 aromatic heterocycles. The number of Topliss-reactive ketones (excluding diaryl/α,β-unsaturated/α-hetero) is 1. The third-order valence-corrected chi connectivity index (χ3v) is 11.8. The SMILES string of the molecule is CC1[C@H]2CC[C@@](C)(O)CN2C[C@H]2C3CC4[C@@H](CC(=O)C5C[C@@H](O)CC[C@@]54C)C3CC[C@@H]12. The quantitative estimate of drug-likeness (QED) is 0.613. The molecule has 4 saturated carbocycles. The van der Waals surface area contributed by atoms with E-state index in [1.165, 1.54) is 25.8 Å². The van der Waals surface area contributed by atoms with E-state index in [-0.39, 0.29) is 17.4 Å². The first kappa shape index (κ1) is 21.1. The zero-order chi connectivity index (χ0) is 21.7. The van der Waals surface area contributed by atoms with Crippen molar-refractivity contribution in [2.45, 2.75) is 96.3 Å². The van der Waals surface area contributed by atoms with E-state index in [1.807, 2.05) is 6.92 Å². The average molecular weight is 430 g/mol. The Labute approximate surface area is 188 Å². The molecular weight excluding hydrogens is 386 g/mol. The van der Waals surface area contributed by atoms with Crippen LogP contribution < -0.4 is 0 Å². The number of rotatable bonds is 0. The van der Waals surface area contributed by atoms with Gasteiger partial charge in [0.05, 0.1) is 11.7 Å². The minimum absolute atomic E-state index is 0.0975. The molecule has 2 aliphatic heterocycles. The lowest BCUT2D eigenvalue weighted by Gasteiger charge is -2.57. The van der Waals surface area contributed by atoms with Crippen molar-refractivity contribution in [1.82, 2.24) is 4.90 Å². The molecule has 0 aromatic rings. The highest BCUT2D eigenvalue weighted by molar-refractivity contribution is 5.83. The van der Waals surface area contributed by atoms with E-state index in [2.05, 4.69) is 18.7 Å². The van der Waals surface area contributed by atoms with Crippen LogP contribution in [0.3, 0.4) is 0 Å². The predicted molar refractivity (Wildman–Crippen MR) is 120 cm³/mol. The Kier molecular flexibility index (Phi) is 4.78. The summed E-state index contributed by atoms with van der Waals surface area (Å²) in [5.41, 5.74) is -0.416. The molecule has 2 heterocycles. The molecule has 0 spiro atoms. The van der Waals surface area contributed by atoms with Gasteiger partial charge in [-0.25, -0.2) is 0 Å². The van der Waals surface area contributed by atoms with E-state index in [0.29, 0.717) is 30.1 Å². The van der Waals surface area contributed by atoms with Crippen LogP contribution in [-0.2, 0) is 4.79 Å². The van der Waals surface area contributed by atoms with Gasteiger partial charge in [-0.05, 0) is 105 Å². The van der Waals surface area contributed by atoms with Gasteiger partial charge in [-0.3, -0.25) is 9.69 Å². The number of piperidine rings is 2. The smallest absolute Gasteiger partial charge is 0.136 e. The summed E-state index contributed by atoms with van der Waals surface area (Å²) in [6.07, 6.45) is 9.23. The molecule has 6 fully saturated rings. The largest absolute Gasteiger partial charge is 0.393 e. The molecule has 0 bridgehead atoms. The van der Waals surface area contributed by atoms with Gasteiger partial charge in [-0.15, -0.1) is 0 Å². The van der Waals surface area contributed by atoms with Crippen molar-refractivity contribution in [2.24, 2.45) is 52.8 Å². The molecule has 0 radical (unpaired) electrons. The molecule has 0 aromatic carbocycles. The number of carbonyl (C=O) groups excluding carboxylic acids is 1. The van der Waals surface area contributed by atoms with Gasteiger partial charge >= 0.3 is 0 Å². The van der Waals surface area contributed by atoms with Crippen LogP contribution in [0.25, 0.3) is 0 Å². The third-order valence-electron chi connectivity index (χ3n) is 11.8. The number of aliphatic hydroxyl groups is 2. The molecule has 2 N–H and O–H groups in total. The lowest BCUT2D eigenvalue weighted by Crippen LogP contribution is -2.61. The zero-order valence-corrected chi connectivity index (χ0v) is 19.8. The van der Waals surface area contributed by atoms with Crippen molar-refractivity contribution in [3.63, 3.8) is 0 Å². The monoisotopic (exact) mass is 429 g/mol. The van der Waals surface area contributed by atoms with Crippen molar-refractivity contribution in [3.8, 4) is 0 Å². The van der Waals surface area contributed by atoms with Crippen LogP contribution in [-0.4, -0.2) is 51.7 Å². The van der Waals surface area contributed by atoms with Crippen LogP contribution in [0, 0.1) is 52.8 Å². The Morgan fingerprint density at radius 3 is 2.52 bits per heavy atom. The summed E-state index contributed by atoms with van der Waals surface area (Å²) in [7, 11) is 0. The Balaban J connectivity index is 1.28. The number of fused-ring (bicyclic) bond motifs is 8. The molecule has 4 aliphatic carbocycles. The van der Waals surface area contributed by atoms with Gasteiger partial charge in [0.1, 0.15) is 5.78 Å². The fraction of sp³-hybridized carbons (Fsp3) is 0.963. The average Bonchev–Trinajstić information content (AvgIpc) is 3.09. The summed E-state index contributed by atoms with van der Waals surface area (Å²) in [6.45, 7) is 8.95. The second-order valence-corrected chi connectivity index (χ2v) is 13.3. The predicted octanol–water partition coefficient (Wildman–Crippen LogP) is 3.89. The van der Waals surface area contributed by atoms with Gasteiger partial charge in [0.15, 0.2) is 0 Å². The molecule has 31 heavy (non-hydrogen) atoms. The Morgan fingerprint density at radius 2 is 1.71 bits per heavy atom. The minimum atomic E-state index is -0.531. The summed E-state index contributed by atoms with van der Waals surface area (Å²) < 4.78 is 0. The number of carbonyl (C=O) groups is 1. The fourth-order valence-electron chi connectivity index (χ4n) is 10.3. The zero-order valence-electron chi connectivity index (χ0n) is 19.8. The molecule has 174 valence electrons. The van der Waals surface area contributed by atoms with Crippen molar-refractivity contribution < 1.29 is 15.0 Å². The number of hydrogen-bond acceptors (Lipinski definition) is 4. The Morgan fingerprint density at radius 1 is 0.935 bits per heavy atom. The first-order valence-corrected chi connectivity index (χ1v) is 13.3. The Bertz CT molecular complexity index is 751. The normalized spacial score (nSPS) is 59.2. The van der Waals surface area contributed by atoms with E-state index in [4.69, 9.17) is 0 Å². The molecule has 2 saturated heterocycles. The number of ketones is 1. The topological polar surface area (TPSA) is 60.8 Å². The molecule has 6 rings (SSSR count). The first-order valence-electron chi connectivity index (χ1n) is 13.3. The maximum absolute atomic E-state index is 13.2. The van der Waals surface area contributed by atoms with Crippen LogP contribution in [0.1, 0.15) is 78.6 Å². The van der Waals surface area contributed by atoms with Crippen LogP contribution >= 0.6 is 0 Å². The second kappa shape index (κ2) is 7.03. The van der Waals surface area contributed by atoms with Gasteiger partial charge < -0.3 is 10.2 Å². The van der Waals surface area contributed by atoms with Crippen LogP contribution in [0.2, 0.25) is 0 Å². The first-order chi connectivity index (χ1) is 14.7. The molecule has 12 atom stereocenters. The Hall–Kier alpha value is -0.450. The maximum Gasteiger partial charge on any atom is 0.136 e. The standard InChI is InChI=1S/C27H43NO3/c1-15-17-4-5-18-19(21(17)13-28-14-26(2,31)8-7-24(15)28)11-22-20(18)12-25(30)23-10-16(29)6-9-27(22,23)3/h15-24,29,31H,4-14H2,1-3H3/t15?,16-,17-,18?,19?,20-,21+,22?,23?,24+,26+,27+/m0/s1. The second-order valence-electron chi connectivity index (χ2n) is 13.3. The summed E-state index contributed by atoms with van der Waals surface area (Å²) in [5, 5.41) is 21.1. The van der Waals surface area contributed by atoms with E-state index in [1.54, 1.807) is 0 Å². The molecule has 4 heteroatoms. The van der Waals surface area contributed by atoms with Crippen molar-refractivity contribution in [3.05, 3.63) is 0 Å². The molecule has 5 unspecified atom stereocenters. The third kappa shape index (κ3) is 3.06. The number of aliphatic hydroxyl groups excluding tert-OH is 1. The van der Waals surface area contributed by atoms with Gasteiger partial charge in [-0.2, -0.15) is 0 Å². The maximum atomic E-state index is 13.2. The van der Waals surface area contributed by atoms with Crippen molar-refractivity contribution >= 4 is 5.78 Å². The molecule has 6 aliphatic rings. The van der Waals surface area contributed by atoms with E-state index >= 15 is 0 Å². The lowest BCUT2D eigenvalue weighted by molar-refractivity contribution is -0.145. The molecule has 0 amide bonds. The van der Waals surface area contributed by atoms with E-state index < -0.39 is 5.60 Å². The highest BCUT2D eigenvalue weighted by Crippen LogP contribution is 2.66. The highest BCUT2D eigenvalue weighted by Gasteiger charge is 2.63. The van der Waals surface area contributed by atoms with Crippen LogP contribution in [0.5, 0.6) is 0 Å². The van der Waals surface area contributed by atoms with Gasteiger partial charge in [-0.1, -0.05) is 13.8 Å². The summed E-state index contributed by atoms with van der Waals surface area (Å²) >= 11 is 0.